The monoisotopic (exact) mass is 257 g/mol. The van der Waals surface area contributed by atoms with E-state index < -0.39 is 0 Å². The van der Waals surface area contributed by atoms with Crippen LogP contribution in [0.4, 0.5) is 5.69 Å². The predicted molar refractivity (Wildman–Crippen MR) is 79.2 cm³/mol. The Kier molecular flexibility index (Phi) is 3.56. The molecule has 1 fully saturated rings. The summed E-state index contributed by atoms with van der Waals surface area (Å²) in [7, 11) is 0. The third-order valence-corrected chi connectivity index (χ3v) is 3.62. The Morgan fingerprint density at radius 1 is 1.16 bits per heavy atom. The van der Waals surface area contributed by atoms with Crippen LogP contribution in [0.2, 0.25) is 0 Å². The number of anilines is 1. The summed E-state index contributed by atoms with van der Waals surface area (Å²) >= 11 is 0. The fraction of sp³-hybridized carbons (Fsp3) is 0.562. The minimum absolute atomic E-state index is 0.0519. The van der Waals surface area contributed by atoms with E-state index in [1.807, 2.05) is 18.2 Å². The van der Waals surface area contributed by atoms with Gasteiger partial charge < -0.3 is 10.2 Å². The Labute approximate surface area is 116 Å². The first-order valence-corrected chi connectivity index (χ1v) is 6.82. The summed E-state index contributed by atoms with van der Waals surface area (Å²) in [4.78, 5) is 2.35. The SMILES string of the molecule is CC1(C)CNC(C)(C)CN(c2ccccc2C#N)C1. The van der Waals surface area contributed by atoms with Gasteiger partial charge in [0.1, 0.15) is 6.07 Å². The minimum atomic E-state index is 0.0519. The van der Waals surface area contributed by atoms with Gasteiger partial charge in [0.05, 0.1) is 11.3 Å². The van der Waals surface area contributed by atoms with E-state index in [1.165, 1.54) is 0 Å². The second kappa shape index (κ2) is 4.86. The molecule has 1 N–H and O–H groups in total. The Morgan fingerprint density at radius 3 is 2.53 bits per heavy atom. The molecule has 3 heteroatoms. The first-order chi connectivity index (χ1) is 8.83. The summed E-state index contributed by atoms with van der Waals surface area (Å²) in [5.74, 6) is 0. The first-order valence-electron chi connectivity index (χ1n) is 6.82. The van der Waals surface area contributed by atoms with E-state index in [-0.39, 0.29) is 11.0 Å². The highest BCUT2D eigenvalue weighted by Gasteiger charge is 2.33. The fourth-order valence-electron chi connectivity index (χ4n) is 2.65. The zero-order chi connectivity index (χ0) is 14.1. The summed E-state index contributed by atoms with van der Waals surface area (Å²) in [6.45, 7) is 11.8. The standard InChI is InChI=1S/C16H23N3/c1-15(2)10-18-16(3,4)12-19(11-15)14-8-6-5-7-13(14)9-17/h5-8,18H,10-12H2,1-4H3. The normalized spacial score (nSPS) is 21.5. The maximum atomic E-state index is 9.29. The molecule has 1 aromatic carbocycles. The van der Waals surface area contributed by atoms with Crippen molar-refractivity contribution in [1.29, 1.82) is 5.26 Å². The van der Waals surface area contributed by atoms with Crippen molar-refractivity contribution in [2.75, 3.05) is 24.5 Å². The molecule has 1 aliphatic rings. The van der Waals surface area contributed by atoms with E-state index in [0.717, 1.165) is 30.9 Å². The van der Waals surface area contributed by atoms with E-state index in [0.29, 0.717) is 0 Å². The Morgan fingerprint density at radius 2 is 1.84 bits per heavy atom. The predicted octanol–water partition coefficient (Wildman–Crippen LogP) is 2.77. The van der Waals surface area contributed by atoms with Crippen LogP contribution in [0.3, 0.4) is 0 Å². The van der Waals surface area contributed by atoms with Crippen molar-refractivity contribution in [2.45, 2.75) is 33.2 Å². The molecule has 0 radical (unpaired) electrons. The molecule has 0 amide bonds. The fourth-order valence-corrected chi connectivity index (χ4v) is 2.65. The van der Waals surface area contributed by atoms with Gasteiger partial charge in [0, 0.05) is 25.2 Å². The van der Waals surface area contributed by atoms with Crippen LogP contribution in [0.1, 0.15) is 33.3 Å². The van der Waals surface area contributed by atoms with Crippen LogP contribution in [0, 0.1) is 16.7 Å². The van der Waals surface area contributed by atoms with Gasteiger partial charge in [0.25, 0.3) is 0 Å². The van der Waals surface area contributed by atoms with Crippen LogP contribution in [0.5, 0.6) is 0 Å². The lowest BCUT2D eigenvalue weighted by Crippen LogP contribution is -2.46. The van der Waals surface area contributed by atoms with Crippen molar-refractivity contribution >= 4 is 5.69 Å². The van der Waals surface area contributed by atoms with Crippen LogP contribution in [0.15, 0.2) is 24.3 Å². The lowest BCUT2D eigenvalue weighted by molar-refractivity contribution is 0.332. The highest BCUT2D eigenvalue weighted by atomic mass is 15.2. The largest absolute Gasteiger partial charge is 0.368 e. The second-order valence-corrected chi connectivity index (χ2v) is 6.89. The van der Waals surface area contributed by atoms with Gasteiger partial charge in [0.2, 0.25) is 0 Å². The zero-order valence-electron chi connectivity index (χ0n) is 12.3. The van der Waals surface area contributed by atoms with Crippen molar-refractivity contribution in [1.82, 2.24) is 5.32 Å². The number of benzene rings is 1. The molecule has 0 spiro atoms. The summed E-state index contributed by atoms with van der Waals surface area (Å²) in [5.41, 5.74) is 2.05. The van der Waals surface area contributed by atoms with Crippen LogP contribution in [-0.4, -0.2) is 25.2 Å². The topological polar surface area (TPSA) is 39.1 Å². The molecule has 1 aliphatic heterocycles. The quantitative estimate of drug-likeness (QED) is 0.841. The molecule has 0 saturated carbocycles. The molecule has 0 bridgehead atoms. The summed E-state index contributed by atoms with van der Waals surface area (Å²) in [6, 6.07) is 10.2. The number of nitrogens with one attached hydrogen (secondary N) is 1. The summed E-state index contributed by atoms with van der Waals surface area (Å²) in [6.07, 6.45) is 0. The van der Waals surface area contributed by atoms with Crippen molar-refractivity contribution in [3.05, 3.63) is 29.8 Å². The average molecular weight is 257 g/mol. The number of rotatable bonds is 1. The van der Waals surface area contributed by atoms with Gasteiger partial charge in [-0.05, 0) is 31.4 Å². The van der Waals surface area contributed by atoms with Gasteiger partial charge in [-0.2, -0.15) is 5.26 Å². The number of para-hydroxylation sites is 1. The Hall–Kier alpha value is -1.53. The maximum Gasteiger partial charge on any atom is 0.101 e. The van der Waals surface area contributed by atoms with E-state index in [2.05, 4.69) is 50.0 Å². The smallest absolute Gasteiger partial charge is 0.101 e. The van der Waals surface area contributed by atoms with Gasteiger partial charge in [0.15, 0.2) is 0 Å². The van der Waals surface area contributed by atoms with Crippen molar-refractivity contribution < 1.29 is 0 Å². The molecular weight excluding hydrogens is 234 g/mol. The van der Waals surface area contributed by atoms with Gasteiger partial charge >= 0.3 is 0 Å². The van der Waals surface area contributed by atoms with E-state index in [9.17, 15) is 5.26 Å². The Balaban J connectivity index is 2.38. The number of hydrogen-bond acceptors (Lipinski definition) is 3. The maximum absolute atomic E-state index is 9.29. The summed E-state index contributed by atoms with van der Waals surface area (Å²) < 4.78 is 0. The minimum Gasteiger partial charge on any atom is -0.368 e. The van der Waals surface area contributed by atoms with E-state index in [4.69, 9.17) is 0 Å². The molecule has 1 saturated heterocycles. The van der Waals surface area contributed by atoms with Crippen LogP contribution in [-0.2, 0) is 0 Å². The van der Waals surface area contributed by atoms with E-state index >= 15 is 0 Å². The van der Waals surface area contributed by atoms with Crippen LogP contribution < -0.4 is 10.2 Å². The third kappa shape index (κ3) is 3.27. The summed E-state index contributed by atoms with van der Waals surface area (Å²) in [5, 5.41) is 12.9. The molecule has 102 valence electrons. The van der Waals surface area contributed by atoms with E-state index in [1.54, 1.807) is 0 Å². The van der Waals surface area contributed by atoms with Gasteiger partial charge in [-0.1, -0.05) is 26.0 Å². The highest BCUT2D eigenvalue weighted by Crippen LogP contribution is 2.29. The average Bonchev–Trinajstić information content (AvgIpc) is 2.46. The molecule has 0 aromatic heterocycles. The second-order valence-electron chi connectivity index (χ2n) is 6.89. The van der Waals surface area contributed by atoms with Gasteiger partial charge in [-0.3, -0.25) is 0 Å². The molecule has 19 heavy (non-hydrogen) atoms. The molecule has 2 rings (SSSR count). The van der Waals surface area contributed by atoms with Gasteiger partial charge in [-0.15, -0.1) is 0 Å². The third-order valence-electron chi connectivity index (χ3n) is 3.62. The molecule has 0 unspecified atom stereocenters. The lowest BCUT2D eigenvalue weighted by atomic mass is 9.93. The lowest BCUT2D eigenvalue weighted by Gasteiger charge is -2.33. The molecule has 1 heterocycles. The van der Waals surface area contributed by atoms with Crippen LogP contribution in [0.25, 0.3) is 0 Å². The van der Waals surface area contributed by atoms with Crippen LogP contribution >= 0.6 is 0 Å². The Bertz CT molecular complexity index is 479. The molecule has 0 aliphatic carbocycles. The number of nitriles is 1. The molecule has 3 nitrogen and oxygen atoms in total. The van der Waals surface area contributed by atoms with Crippen molar-refractivity contribution in [3.63, 3.8) is 0 Å². The van der Waals surface area contributed by atoms with Crippen molar-refractivity contribution in [3.8, 4) is 6.07 Å². The number of nitrogens with zero attached hydrogens (tertiary/aromatic N) is 2. The zero-order valence-corrected chi connectivity index (χ0v) is 12.3. The molecule has 1 aromatic rings. The molecule has 0 atom stereocenters. The molecular formula is C16H23N3. The highest BCUT2D eigenvalue weighted by molar-refractivity contribution is 5.59. The first kappa shape index (κ1) is 13.9. The van der Waals surface area contributed by atoms with Crippen molar-refractivity contribution in [2.24, 2.45) is 5.41 Å². The van der Waals surface area contributed by atoms with Gasteiger partial charge in [-0.25, -0.2) is 0 Å². The number of hydrogen-bond donors (Lipinski definition) is 1.